The van der Waals surface area contributed by atoms with Gasteiger partial charge in [0.2, 0.25) is 0 Å². The first-order valence-electron chi connectivity index (χ1n) is 5.96. The fraction of sp³-hybridized carbons (Fsp3) is 0.417. The zero-order valence-corrected chi connectivity index (χ0v) is 10.6. The summed E-state index contributed by atoms with van der Waals surface area (Å²) < 4.78 is 0. The Morgan fingerprint density at radius 3 is 2.74 bits per heavy atom. The largest absolute Gasteiger partial charge is 0.394 e. The van der Waals surface area contributed by atoms with Crippen LogP contribution in [0.25, 0.3) is 0 Å². The van der Waals surface area contributed by atoms with Gasteiger partial charge in [0.25, 0.3) is 5.69 Å². The third-order valence-electron chi connectivity index (χ3n) is 2.68. The molecule has 1 atom stereocenters. The zero-order valence-electron chi connectivity index (χ0n) is 10.6. The molecule has 104 valence electrons. The highest BCUT2D eigenvalue weighted by Crippen LogP contribution is 2.16. The van der Waals surface area contributed by atoms with Crippen LogP contribution in [0.2, 0.25) is 0 Å². The number of benzene rings is 1. The van der Waals surface area contributed by atoms with Gasteiger partial charge in [-0.1, -0.05) is 25.1 Å². The summed E-state index contributed by atoms with van der Waals surface area (Å²) in [6.07, 6.45) is 0.607. The molecular weight excluding hydrogens is 250 g/mol. The van der Waals surface area contributed by atoms with Crippen molar-refractivity contribution in [1.82, 2.24) is 10.6 Å². The van der Waals surface area contributed by atoms with Crippen LogP contribution < -0.4 is 10.6 Å². The summed E-state index contributed by atoms with van der Waals surface area (Å²) in [5.74, 6) is 0. The Balaban J connectivity index is 2.57. The molecule has 0 fully saturated rings. The van der Waals surface area contributed by atoms with Crippen LogP contribution in [0.5, 0.6) is 0 Å². The van der Waals surface area contributed by atoms with E-state index in [1.807, 2.05) is 6.92 Å². The maximum atomic E-state index is 11.5. The first-order valence-corrected chi connectivity index (χ1v) is 5.96. The van der Waals surface area contributed by atoms with Crippen LogP contribution >= 0.6 is 0 Å². The van der Waals surface area contributed by atoms with Crippen molar-refractivity contribution in [3.8, 4) is 0 Å². The van der Waals surface area contributed by atoms with Gasteiger partial charge in [0.1, 0.15) is 0 Å². The lowest BCUT2D eigenvalue weighted by Crippen LogP contribution is -2.43. The van der Waals surface area contributed by atoms with E-state index in [1.54, 1.807) is 18.2 Å². The van der Waals surface area contributed by atoms with Crippen LogP contribution in [0, 0.1) is 10.1 Å². The van der Waals surface area contributed by atoms with E-state index in [2.05, 4.69) is 10.6 Å². The van der Waals surface area contributed by atoms with Gasteiger partial charge in [0, 0.05) is 11.6 Å². The summed E-state index contributed by atoms with van der Waals surface area (Å²) >= 11 is 0. The van der Waals surface area contributed by atoms with Crippen molar-refractivity contribution < 1.29 is 14.8 Å². The highest BCUT2D eigenvalue weighted by Gasteiger charge is 2.14. The molecule has 0 spiro atoms. The first-order chi connectivity index (χ1) is 9.08. The minimum Gasteiger partial charge on any atom is -0.394 e. The Morgan fingerprint density at radius 2 is 2.16 bits per heavy atom. The third kappa shape index (κ3) is 4.55. The zero-order chi connectivity index (χ0) is 14.3. The number of aliphatic hydroxyl groups excluding tert-OH is 1. The van der Waals surface area contributed by atoms with E-state index >= 15 is 0 Å². The third-order valence-corrected chi connectivity index (χ3v) is 2.68. The number of nitrogens with one attached hydrogen (secondary N) is 2. The fourth-order valence-electron chi connectivity index (χ4n) is 1.53. The van der Waals surface area contributed by atoms with E-state index < -0.39 is 11.0 Å². The predicted octanol–water partition coefficient (Wildman–Crippen LogP) is 1.16. The van der Waals surface area contributed by atoms with Crippen molar-refractivity contribution in [3.05, 3.63) is 39.9 Å². The molecule has 7 heteroatoms. The van der Waals surface area contributed by atoms with Crippen molar-refractivity contribution in [2.75, 3.05) is 6.61 Å². The Labute approximate surface area is 110 Å². The number of aliphatic hydroxyl groups is 1. The Bertz CT molecular complexity index is 446. The van der Waals surface area contributed by atoms with Crippen molar-refractivity contribution in [2.24, 2.45) is 0 Å². The molecule has 7 nitrogen and oxygen atoms in total. The number of para-hydroxylation sites is 1. The molecule has 0 heterocycles. The lowest BCUT2D eigenvalue weighted by molar-refractivity contribution is -0.385. The van der Waals surface area contributed by atoms with E-state index in [4.69, 9.17) is 5.11 Å². The second-order valence-corrected chi connectivity index (χ2v) is 4.00. The lowest BCUT2D eigenvalue weighted by atomic mass is 10.2. The molecule has 0 aliphatic rings. The molecule has 0 bridgehead atoms. The molecule has 19 heavy (non-hydrogen) atoms. The quantitative estimate of drug-likeness (QED) is 0.531. The van der Waals surface area contributed by atoms with Crippen molar-refractivity contribution in [1.29, 1.82) is 0 Å². The van der Waals surface area contributed by atoms with Crippen LogP contribution in [0.3, 0.4) is 0 Å². The predicted molar refractivity (Wildman–Crippen MR) is 69.6 cm³/mol. The van der Waals surface area contributed by atoms with Crippen molar-refractivity contribution >= 4 is 11.7 Å². The summed E-state index contributed by atoms with van der Waals surface area (Å²) in [5.41, 5.74) is 0.400. The van der Waals surface area contributed by atoms with E-state index in [1.165, 1.54) is 6.07 Å². The molecule has 1 unspecified atom stereocenters. The molecule has 0 aromatic heterocycles. The van der Waals surface area contributed by atoms with Crippen molar-refractivity contribution in [2.45, 2.75) is 25.9 Å². The fourth-order valence-corrected chi connectivity index (χ4v) is 1.53. The molecule has 0 saturated heterocycles. The molecule has 0 radical (unpaired) electrons. The van der Waals surface area contributed by atoms with E-state index in [0.717, 1.165) is 0 Å². The second kappa shape index (κ2) is 7.32. The summed E-state index contributed by atoms with van der Waals surface area (Å²) in [6.45, 7) is 1.75. The molecule has 0 aliphatic carbocycles. The van der Waals surface area contributed by atoms with Gasteiger partial charge in [0.05, 0.1) is 24.1 Å². The molecular formula is C12H17N3O4. The average molecular weight is 267 g/mol. The number of hydrogen-bond acceptors (Lipinski definition) is 4. The van der Waals surface area contributed by atoms with Gasteiger partial charge in [-0.2, -0.15) is 0 Å². The second-order valence-electron chi connectivity index (χ2n) is 4.00. The van der Waals surface area contributed by atoms with Crippen LogP contribution in [0.4, 0.5) is 10.5 Å². The lowest BCUT2D eigenvalue weighted by Gasteiger charge is -2.14. The maximum absolute atomic E-state index is 11.5. The molecule has 2 amide bonds. The SMILES string of the molecule is CCC(CO)NC(=O)NCc1ccccc1[N+](=O)[O-]. The number of carbonyl (C=O) groups is 1. The number of nitrogens with zero attached hydrogens (tertiary/aromatic N) is 1. The monoisotopic (exact) mass is 267 g/mol. The van der Waals surface area contributed by atoms with E-state index in [0.29, 0.717) is 12.0 Å². The topological polar surface area (TPSA) is 104 Å². The van der Waals surface area contributed by atoms with Crippen LogP contribution in [0.1, 0.15) is 18.9 Å². The Kier molecular flexibility index (Phi) is 5.74. The summed E-state index contributed by atoms with van der Waals surface area (Å²) in [5, 5.41) is 24.8. The van der Waals surface area contributed by atoms with E-state index in [9.17, 15) is 14.9 Å². The van der Waals surface area contributed by atoms with Crippen molar-refractivity contribution in [3.63, 3.8) is 0 Å². The van der Waals surface area contributed by atoms with Gasteiger partial charge in [0.15, 0.2) is 0 Å². The number of urea groups is 1. The van der Waals surface area contributed by atoms with Gasteiger partial charge in [-0.15, -0.1) is 0 Å². The van der Waals surface area contributed by atoms with Gasteiger partial charge in [-0.05, 0) is 6.42 Å². The number of hydrogen-bond donors (Lipinski definition) is 3. The highest BCUT2D eigenvalue weighted by molar-refractivity contribution is 5.74. The molecule has 1 aromatic carbocycles. The van der Waals surface area contributed by atoms with Gasteiger partial charge < -0.3 is 15.7 Å². The highest BCUT2D eigenvalue weighted by atomic mass is 16.6. The first kappa shape index (κ1) is 14.9. The number of nitro benzene ring substituents is 1. The Hall–Kier alpha value is -2.15. The normalized spacial score (nSPS) is 11.7. The van der Waals surface area contributed by atoms with Gasteiger partial charge in [-0.3, -0.25) is 10.1 Å². The maximum Gasteiger partial charge on any atom is 0.315 e. The smallest absolute Gasteiger partial charge is 0.315 e. The van der Waals surface area contributed by atoms with Crippen LogP contribution in [-0.4, -0.2) is 28.7 Å². The summed E-state index contributed by atoms with van der Waals surface area (Å²) in [7, 11) is 0. The molecule has 0 saturated carbocycles. The molecule has 0 aliphatic heterocycles. The molecule has 3 N–H and O–H groups in total. The summed E-state index contributed by atoms with van der Waals surface area (Å²) in [4.78, 5) is 21.8. The van der Waals surface area contributed by atoms with Crippen LogP contribution in [-0.2, 0) is 6.54 Å². The van der Waals surface area contributed by atoms with E-state index in [-0.39, 0.29) is 24.9 Å². The van der Waals surface area contributed by atoms with Gasteiger partial charge in [-0.25, -0.2) is 4.79 Å². The Morgan fingerprint density at radius 1 is 1.47 bits per heavy atom. The minimum atomic E-state index is -0.489. The molecule has 1 aromatic rings. The minimum absolute atomic E-state index is 0.0306. The summed E-state index contributed by atoms with van der Waals surface area (Å²) in [6, 6.07) is 5.44. The van der Waals surface area contributed by atoms with Gasteiger partial charge >= 0.3 is 6.03 Å². The standard InChI is InChI=1S/C12H17N3O4/c1-2-10(8-16)14-12(17)13-7-9-5-3-4-6-11(9)15(18)19/h3-6,10,16H,2,7-8H2,1H3,(H2,13,14,17). The number of rotatable bonds is 6. The van der Waals surface area contributed by atoms with Crippen LogP contribution in [0.15, 0.2) is 24.3 Å². The number of nitro groups is 1. The number of carbonyl (C=O) groups excluding carboxylic acids is 1. The number of amides is 2. The molecule has 1 rings (SSSR count). The average Bonchev–Trinajstić information content (AvgIpc) is 2.42.